The Morgan fingerprint density at radius 2 is 2.25 bits per heavy atom. The van der Waals surface area contributed by atoms with Crippen molar-refractivity contribution in [3.8, 4) is 0 Å². The Morgan fingerprint density at radius 3 is 2.95 bits per heavy atom. The van der Waals surface area contributed by atoms with E-state index < -0.39 is 10.7 Å². The molecule has 0 bridgehead atoms. The van der Waals surface area contributed by atoms with Crippen molar-refractivity contribution in [2.45, 2.75) is 31.8 Å². The number of aryl methyl sites for hydroxylation is 1. The molecule has 7 nitrogen and oxygen atoms in total. The molecule has 0 unspecified atom stereocenters. The van der Waals surface area contributed by atoms with Gasteiger partial charge in [0.1, 0.15) is 0 Å². The Labute approximate surface area is 114 Å². The van der Waals surface area contributed by atoms with Crippen molar-refractivity contribution < 1.29 is 9.34 Å². The van der Waals surface area contributed by atoms with Crippen molar-refractivity contribution in [2.75, 3.05) is 6.54 Å². The Balaban J connectivity index is 1.80. The normalized spacial score (nSPS) is 14.8. The highest BCUT2D eigenvalue weighted by Crippen LogP contribution is 2.20. The van der Waals surface area contributed by atoms with Gasteiger partial charge in [0.05, 0.1) is 10.4 Å². The predicted molar refractivity (Wildman–Crippen MR) is 72.8 cm³/mol. The monoisotopic (exact) mass is 277 g/mol. The van der Waals surface area contributed by atoms with Crippen LogP contribution in [0, 0.1) is 10.1 Å². The van der Waals surface area contributed by atoms with E-state index in [1.165, 1.54) is 35.6 Å². The standard InChI is InChI=1S/C13H15N3O4/c17-13-15(7-1-6-14-9-2-3-9)11-8-10(16(18)19)4-5-12(11)20-13/h4-5,8-9,14H,1-3,6-7H2. The molecule has 20 heavy (non-hydrogen) atoms. The number of nitro benzene ring substituents is 1. The molecule has 1 aromatic heterocycles. The lowest BCUT2D eigenvalue weighted by Gasteiger charge is -2.03. The molecule has 0 radical (unpaired) electrons. The molecule has 0 aliphatic heterocycles. The lowest BCUT2D eigenvalue weighted by molar-refractivity contribution is -0.384. The number of non-ortho nitro benzene ring substituents is 1. The molecule has 1 aromatic carbocycles. The first-order valence-corrected chi connectivity index (χ1v) is 6.66. The second-order valence-corrected chi connectivity index (χ2v) is 5.01. The van der Waals surface area contributed by atoms with Crippen LogP contribution in [0.25, 0.3) is 11.1 Å². The molecule has 1 aliphatic carbocycles. The number of hydrogen-bond donors (Lipinski definition) is 1. The van der Waals surface area contributed by atoms with E-state index in [-0.39, 0.29) is 5.69 Å². The van der Waals surface area contributed by atoms with Crippen molar-refractivity contribution in [1.29, 1.82) is 0 Å². The van der Waals surface area contributed by atoms with Crippen molar-refractivity contribution in [1.82, 2.24) is 9.88 Å². The van der Waals surface area contributed by atoms with E-state index in [2.05, 4.69) is 5.32 Å². The molecule has 1 fully saturated rings. The van der Waals surface area contributed by atoms with Gasteiger partial charge in [-0.1, -0.05) is 0 Å². The van der Waals surface area contributed by atoms with E-state index >= 15 is 0 Å². The topological polar surface area (TPSA) is 90.3 Å². The number of oxazole rings is 1. The first-order valence-electron chi connectivity index (χ1n) is 6.66. The number of benzene rings is 1. The van der Waals surface area contributed by atoms with Gasteiger partial charge in [-0.3, -0.25) is 14.7 Å². The van der Waals surface area contributed by atoms with Gasteiger partial charge in [0.15, 0.2) is 5.58 Å². The molecule has 2 aromatic rings. The molecule has 0 spiro atoms. The molecule has 0 atom stereocenters. The molecule has 0 saturated heterocycles. The molecule has 0 amide bonds. The smallest absolute Gasteiger partial charge is 0.408 e. The zero-order valence-electron chi connectivity index (χ0n) is 10.9. The summed E-state index contributed by atoms with van der Waals surface area (Å²) < 4.78 is 6.54. The Morgan fingerprint density at radius 1 is 1.45 bits per heavy atom. The van der Waals surface area contributed by atoms with Gasteiger partial charge in [-0.25, -0.2) is 4.79 Å². The summed E-state index contributed by atoms with van der Waals surface area (Å²) in [7, 11) is 0. The van der Waals surface area contributed by atoms with Crippen LogP contribution >= 0.6 is 0 Å². The summed E-state index contributed by atoms with van der Waals surface area (Å²) in [4.78, 5) is 22.1. The number of nitrogens with zero attached hydrogens (tertiary/aromatic N) is 2. The summed E-state index contributed by atoms with van der Waals surface area (Å²) >= 11 is 0. The lowest BCUT2D eigenvalue weighted by atomic mass is 10.3. The third kappa shape index (κ3) is 2.57. The van der Waals surface area contributed by atoms with Crippen LogP contribution in [0.15, 0.2) is 27.4 Å². The maximum absolute atomic E-state index is 11.8. The van der Waals surface area contributed by atoms with E-state index in [0.717, 1.165) is 13.0 Å². The Kier molecular flexibility index (Phi) is 3.27. The number of nitro groups is 1. The van der Waals surface area contributed by atoms with Gasteiger partial charge in [0, 0.05) is 24.7 Å². The van der Waals surface area contributed by atoms with Crippen LogP contribution in [-0.2, 0) is 6.54 Å². The third-order valence-electron chi connectivity index (χ3n) is 3.43. The van der Waals surface area contributed by atoms with Crippen LogP contribution in [0.1, 0.15) is 19.3 Å². The van der Waals surface area contributed by atoms with Crippen LogP contribution in [0.4, 0.5) is 5.69 Å². The van der Waals surface area contributed by atoms with E-state index in [4.69, 9.17) is 4.42 Å². The highest BCUT2D eigenvalue weighted by molar-refractivity contribution is 5.75. The average molecular weight is 277 g/mol. The summed E-state index contributed by atoms with van der Waals surface area (Å²) in [6.45, 7) is 1.32. The largest absolute Gasteiger partial charge is 0.419 e. The Hall–Kier alpha value is -2.15. The summed E-state index contributed by atoms with van der Waals surface area (Å²) in [5.41, 5.74) is 0.828. The van der Waals surface area contributed by atoms with Crippen LogP contribution < -0.4 is 11.1 Å². The van der Waals surface area contributed by atoms with Gasteiger partial charge in [-0.05, 0) is 31.9 Å². The quantitative estimate of drug-likeness (QED) is 0.492. The van der Waals surface area contributed by atoms with Gasteiger partial charge >= 0.3 is 5.76 Å². The van der Waals surface area contributed by atoms with Gasteiger partial charge in [0.2, 0.25) is 0 Å². The highest BCUT2D eigenvalue weighted by atomic mass is 16.6. The van der Waals surface area contributed by atoms with Crippen LogP contribution in [-0.4, -0.2) is 22.1 Å². The molecule has 106 valence electrons. The molecular weight excluding hydrogens is 262 g/mol. The molecule has 1 heterocycles. The zero-order valence-corrected chi connectivity index (χ0v) is 10.9. The highest BCUT2D eigenvalue weighted by Gasteiger charge is 2.19. The fraction of sp³-hybridized carbons (Fsp3) is 0.462. The third-order valence-corrected chi connectivity index (χ3v) is 3.43. The molecule has 1 aliphatic rings. The van der Waals surface area contributed by atoms with Crippen LogP contribution in [0.5, 0.6) is 0 Å². The van der Waals surface area contributed by atoms with Crippen molar-refractivity contribution in [3.63, 3.8) is 0 Å². The Bertz CT molecular complexity index is 699. The summed E-state index contributed by atoms with van der Waals surface area (Å²) in [5, 5.41) is 14.1. The second-order valence-electron chi connectivity index (χ2n) is 5.01. The molecule has 7 heteroatoms. The zero-order chi connectivity index (χ0) is 14.1. The summed E-state index contributed by atoms with van der Waals surface area (Å²) in [5.74, 6) is -0.466. The number of rotatable bonds is 6. The number of fused-ring (bicyclic) bond motifs is 1. The van der Waals surface area contributed by atoms with Gasteiger partial charge in [0.25, 0.3) is 5.69 Å². The van der Waals surface area contributed by atoms with Gasteiger partial charge < -0.3 is 9.73 Å². The number of aromatic nitrogens is 1. The van der Waals surface area contributed by atoms with Crippen LogP contribution in [0.2, 0.25) is 0 Å². The maximum Gasteiger partial charge on any atom is 0.419 e. The molecular formula is C13H15N3O4. The number of hydrogen-bond acceptors (Lipinski definition) is 5. The molecule has 1 saturated carbocycles. The SMILES string of the molecule is O=c1oc2ccc([N+](=O)[O-])cc2n1CCCNC1CC1. The minimum Gasteiger partial charge on any atom is -0.408 e. The summed E-state index contributed by atoms with van der Waals surface area (Å²) in [6, 6.07) is 4.82. The van der Waals surface area contributed by atoms with E-state index in [1.807, 2.05) is 0 Å². The van der Waals surface area contributed by atoms with Gasteiger partial charge in [-0.2, -0.15) is 0 Å². The van der Waals surface area contributed by atoms with Crippen molar-refractivity contribution in [2.24, 2.45) is 0 Å². The van der Waals surface area contributed by atoms with Crippen molar-refractivity contribution in [3.05, 3.63) is 38.9 Å². The lowest BCUT2D eigenvalue weighted by Crippen LogP contribution is -2.21. The molecule has 1 N–H and O–H groups in total. The first-order chi connectivity index (χ1) is 9.65. The molecule has 3 rings (SSSR count). The van der Waals surface area contributed by atoms with Gasteiger partial charge in [-0.15, -0.1) is 0 Å². The van der Waals surface area contributed by atoms with Crippen LogP contribution in [0.3, 0.4) is 0 Å². The second kappa shape index (κ2) is 5.09. The minimum atomic E-state index is -0.476. The predicted octanol–water partition coefficient (Wildman–Crippen LogP) is 1.64. The van der Waals surface area contributed by atoms with E-state index in [9.17, 15) is 14.9 Å². The van der Waals surface area contributed by atoms with E-state index in [1.54, 1.807) is 0 Å². The first kappa shape index (κ1) is 12.9. The minimum absolute atomic E-state index is 0.0387. The summed E-state index contributed by atoms with van der Waals surface area (Å²) in [6.07, 6.45) is 3.23. The maximum atomic E-state index is 11.8. The van der Waals surface area contributed by atoms with E-state index in [0.29, 0.717) is 23.7 Å². The fourth-order valence-electron chi connectivity index (χ4n) is 2.21. The number of nitrogens with one attached hydrogen (secondary N) is 1. The van der Waals surface area contributed by atoms with Crippen molar-refractivity contribution >= 4 is 16.8 Å². The fourth-order valence-corrected chi connectivity index (χ4v) is 2.21. The average Bonchev–Trinajstić information content (AvgIpc) is 3.18.